The van der Waals surface area contributed by atoms with Crippen molar-refractivity contribution in [3.8, 4) is 0 Å². The minimum Gasteiger partial charge on any atom is -0.466 e. The molecule has 104 valence electrons. The molecule has 0 spiro atoms. The van der Waals surface area contributed by atoms with Gasteiger partial charge in [-0.1, -0.05) is 11.1 Å². The van der Waals surface area contributed by atoms with Gasteiger partial charge in [0.15, 0.2) is 0 Å². The van der Waals surface area contributed by atoms with Gasteiger partial charge in [-0.15, -0.1) is 0 Å². The Hall–Kier alpha value is -1.12. The number of carbonyl (C=O) groups excluding carboxylic acids is 2. The number of ketones is 1. The van der Waals surface area contributed by atoms with Crippen LogP contribution < -0.4 is 0 Å². The molecule has 19 heavy (non-hydrogen) atoms. The van der Waals surface area contributed by atoms with Gasteiger partial charge < -0.3 is 4.74 Å². The molecule has 0 aromatic rings. The molecule has 3 aliphatic carbocycles. The van der Waals surface area contributed by atoms with E-state index < -0.39 is 0 Å². The number of rotatable bonds is 2. The SMILES string of the molecule is CCOC(=O)[C@@]12CCC(=O)C(C1)C1=C(CCCC1)C2. The molecule has 2 bridgehead atoms. The minimum absolute atomic E-state index is 0.0298. The van der Waals surface area contributed by atoms with Gasteiger partial charge in [-0.3, -0.25) is 9.59 Å². The Morgan fingerprint density at radius 1 is 1.32 bits per heavy atom. The van der Waals surface area contributed by atoms with Crippen LogP contribution in [0.15, 0.2) is 11.1 Å². The van der Waals surface area contributed by atoms with Crippen LogP contribution in [0.25, 0.3) is 0 Å². The molecule has 3 rings (SSSR count). The fraction of sp³-hybridized carbons (Fsp3) is 0.750. The first-order valence-corrected chi connectivity index (χ1v) is 7.57. The monoisotopic (exact) mass is 262 g/mol. The third kappa shape index (κ3) is 2.03. The van der Waals surface area contributed by atoms with E-state index in [0.29, 0.717) is 31.7 Å². The van der Waals surface area contributed by atoms with E-state index in [4.69, 9.17) is 4.74 Å². The number of esters is 1. The van der Waals surface area contributed by atoms with Gasteiger partial charge in [-0.25, -0.2) is 0 Å². The number of hydrogen-bond donors (Lipinski definition) is 0. The molecule has 1 saturated carbocycles. The fourth-order valence-corrected chi connectivity index (χ4v) is 4.19. The van der Waals surface area contributed by atoms with Gasteiger partial charge in [-0.2, -0.15) is 0 Å². The number of carbonyl (C=O) groups is 2. The third-order valence-electron chi connectivity index (χ3n) is 5.14. The quantitative estimate of drug-likeness (QED) is 0.567. The van der Waals surface area contributed by atoms with Crippen LogP contribution in [0.5, 0.6) is 0 Å². The van der Waals surface area contributed by atoms with Crippen molar-refractivity contribution < 1.29 is 14.3 Å². The second-order valence-electron chi connectivity index (χ2n) is 6.24. The Kier molecular flexibility index (Phi) is 3.23. The van der Waals surface area contributed by atoms with Crippen LogP contribution in [-0.4, -0.2) is 18.4 Å². The first-order chi connectivity index (χ1) is 9.16. The van der Waals surface area contributed by atoms with E-state index in [0.717, 1.165) is 19.3 Å². The molecular weight excluding hydrogens is 240 g/mol. The maximum absolute atomic E-state index is 12.4. The summed E-state index contributed by atoms with van der Waals surface area (Å²) in [5.41, 5.74) is 2.41. The largest absolute Gasteiger partial charge is 0.466 e. The number of allylic oxidation sites excluding steroid dienone is 2. The van der Waals surface area contributed by atoms with E-state index in [2.05, 4.69) is 0 Å². The first-order valence-electron chi connectivity index (χ1n) is 7.57. The van der Waals surface area contributed by atoms with Gasteiger partial charge in [0.05, 0.1) is 12.0 Å². The molecule has 0 saturated heterocycles. The van der Waals surface area contributed by atoms with E-state index in [9.17, 15) is 9.59 Å². The van der Waals surface area contributed by atoms with E-state index in [1.54, 1.807) is 0 Å². The van der Waals surface area contributed by atoms with Gasteiger partial charge >= 0.3 is 5.97 Å². The molecule has 0 amide bonds. The van der Waals surface area contributed by atoms with Crippen molar-refractivity contribution in [1.82, 2.24) is 0 Å². The lowest BCUT2D eigenvalue weighted by atomic mass is 9.57. The molecule has 0 aliphatic heterocycles. The van der Waals surface area contributed by atoms with Crippen molar-refractivity contribution in [2.24, 2.45) is 11.3 Å². The maximum Gasteiger partial charge on any atom is 0.312 e. The predicted molar refractivity (Wildman–Crippen MR) is 71.5 cm³/mol. The zero-order valence-electron chi connectivity index (χ0n) is 11.7. The van der Waals surface area contributed by atoms with Gasteiger partial charge in [0.1, 0.15) is 5.78 Å². The minimum atomic E-state index is -0.384. The lowest BCUT2D eigenvalue weighted by Gasteiger charge is -2.45. The highest BCUT2D eigenvalue weighted by atomic mass is 16.5. The fourth-order valence-electron chi connectivity index (χ4n) is 4.19. The van der Waals surface area contributed by atoms with E-state index in [1.165, 1.54) is 24.0 Å². The van der Waals surface area contributed by atoms with E-state index in [1.807, 2.05) is 6.92 Å². The number of hydrogen-bond acceptors (Lipinski definition) is 3. The van der Waals surface area contributed by atoms with Crippen LogP contribution in [0, 0.1) is 11.3 Å². The average molecular weight is 262 g/mol. The van der Waals surface area contributed by atoms with Crippen molar-refractivity contribution in [1.29, 1.82) is 0 Å². The van der Waals surface area contributed by atoms with Crippen LogP contribution in [0.4, 0.5) is 0 Å². The molecule has 3 aliphatic rings. The van der Waals surface area contributed by atoms with Crippen molar-refractivity contribution in [3.63, 3.8) is 0 Å². The summed E-state index contributed by atoms with van der Waals surface area (Å²) in [7, 11) is 0. The van der Waals surface area contributed by atoms with Crippen molar-refractivity contribution >= 4 is 11.8 Å². The normalized spacial score (nSPS) is 33.9. The number of Topliss-reactive ketones (excluding diaryl/α,β-unsaturated/α-hetero) is 1. The Labute approximate surface area is 114 Å². The van der Waals surface area contributed by atoms with Crippen LogP contribution in [0.3, 0.4) is 0 Å². The molecule has 0 aromatic carbocycles. The molecule has 0 N–H and O–H groups in total. The lowest BCUT2D eigenvalue weighted by molar-refractivity contribution is -0.160. The summed E-state index contributed by atoms with van der Waals surface area (Å²) in [5.74, 6) is 0.320. The van der Waals surface area contributed by atoms with Gasteiger partial charge in [0, 0.05) is 12.3 Å². The molecule has 1 unspecified atom stereocenters. The maximum atomic E-state index is 12.4. The second-order valence-corrected chi connectivity index (χ2v) is 6.24. The van der Waals surface area contributed by atoms with Gasteiger partial charge in [0.25, 0.3) is 0 Å². The van der Waals surface area contributed by atoms with Gasteiger partial charge in [-0.05, 0) is 51.9 Å². The molecule has 3 nitrogen and oxygen atoms in total. The highest BCUT2D eigenvalue weighted by Crippen LogP contribution is 2.53. The molecule has 0 radical (unpaired) electrons. The summed E-state index contributed by atoms with van der Waals surface area (Å²) >= 11 is 0. The summed E-state index contributed by atoms with van der Waals surface area (Å²) in [6, 6.07) is 0. The molecule has 0 aromatic heterocycles. The van der Waals surface area contributed by atoms with Crippen molar-refractivity contribution in [2.45, 2.75) is 58.3 Å². The van der Waals surface area contributed by atoms with Crippen LogP contribution in [-0.2, 0) is 14.3 Å². The number of fused-ring (bicyclic) bond motifs is 3. The van der Waals surface area contributed by atoms with Gasteiger partial charge in [0.2, 0.25) is 0 Å². The summed E-state index contributed by atoms with van der Waals surface area (Å²) in [5, 5.41) is 0. The smallest absolute Gasteiger partial charge is 0.312 e. The lowest BCUT2D eigenvalue weighted by Crippen LogP contribution is -2.45. The van der Waals surface area contributed by atoms with Crippen molar-refractivity contribution in [2.75, 3.05) is 6.61 Å². The predicted octanol–water partition coefficient (Wildman–Crippen LogP) is 3.18. The standard InChI is InChI=1S/C16H22O3/c1-2-19-15(18)16-8-7-14(17)13(10-16)12-6-4-3-5-11(12)9-16/h13H,2-10H2,1H3/t13?,16-/m1/s1. The Morgan fingerprint density at radius 3 is 2.89 bits per heavy atom. The molecule has 1 fully saturated rings. The van der Waals surface area contributed by atoms with E-state index in [-0.39, 0.29) is 17.3 Å². The zero-order valence-corrected chi connectivity index (χ0v) is 11.7. The Morgan fingerprint density at radius 2 is 2.11 bits per heavy atom. The topological polar surface area (TPSA) is 43.4 Å². The molecule has 3 heteroatoms. The molecule has 0 heterocycles. The summed E-state index contributed by atoms with van der Waals surface area (Å²) in [6.45, 7) is 2.29. The summed E-state index contributed by atoms with van der Waals surface area (Å²) in [4.78, 5) is 24.6. The Balaban J connectivity index is 1.95. The number of ether oxygens (including phenoxy) is 1. The van der Waals surface area contributed by atoms with Crippen LogP contribution in [0.2, 0.25) is 0 Å². The zero-order chi connectivity index (χ0) is 13.5. The highest BCUT2D eigenvalue weighted by Gasteiger charge is 2.51. The van der Waals surface area contributed by atoms with Crippen molar-refractivity contribution in [3.05, 3.63) is 11.1 Å². The Bertz CT molecular complexity index is 449. The van der Waals surface area contributed by atoms with E-state index >= 15 is 0 Å². The van der Waals surface area contributed by atoms with Crippen LogP contribution in [0.1, 0.15) is 58.3 Å². The highest BCUT2D eigenvalue weighted by molar-refractivity contribution is 5.89. The summed E-state index contributed by atoms with van der Waals surface area (Å²) in [6.07, 6.45) is 7.38. The molecule has 2 atom stereocenters. The van der Waals surface area contributed by atoms with Crippen LogP contribution >= 0.6 is 0 Å². The summed E-state index contributed by atoms with van der Waals surface area (Å²) < 4.78 is 5.30. The molecular formula is C16H22O3. The third-order valence-corrected chi connectivity index (χ3v) is 5.14. The average Bonchev–Trinajstić information content (AvgIpc) is 2.43. The first kappa shape index (κ1) is 12.9. The second kappa shape index (κ2) is 4.77.